The van der Waals surface area contributed by atoms with E-state index in [2.05, 4.69) is 27.2 Å². The summed E-state index contributed by atoms with van der Waals surface area (Å²) in [5, 5.41) is 5.49. The largest absolute Gasteiger partial charge is 0.366 e. The Hall–Kier alpha value is -3.40. The summed E-state index contributed by atoms with van der Waals surface area (Å²) in [6.45, 7) is 3.83. The van der Waals surface area contributed by atoms with Gasteiger partial charge < -0.3 is 21.4 Å². The van der Waals surface area contributed by atoms with Crippen molar-refractivity contribution in [1.82, 2.24) is 15.3 Å². The SMILES string of the molecule is C=CCNC(=O)Cc1cc(=O)[nH]c(SCC(=O)Nc2ccc(C(N)=O)cc2)n1. The Morgan fingerprint density at radius 1 is 1.21 bits per heavy atom. The number of hydrogen-bond acceptors (Lipinski definition) is 6. The van der Waals surface area contributed by atoms with Gasteiger partial charge in [-0.15, -0.1) is 6.58 Å². The van der Waals surface area contributed by atoms with Gasteiger partial charge in [0.2, 0.25) is 17.7 Å². The van der Waals surface area contributed by atoms with Crippen LogP contribution in [0.2, 0.25) is 0 Å². The van der Waals surface area contributed by atoms with Crippen molar-refractivity contribution in [1.29, 1.82) is 0 Å². The topological polar surface area (TPSA) is 147 Å². The van der Waals surface area contributed by atoms with Crippen LogP contribution in [0.4, 0.5) is 5.69 Å². The van der Waals surface area contributed by atoms with Crippen molar-refractivity contribution in [3.63, 3.8) is 0 Å². The third kappa shape index (κ3) is 6.72. The van der Waals surface area contributed by atoms with E-state index in [0.29, 0.717) is 23.5 Å². The Bertz CT molecular complexity index is 940. The molecule has 146 valence electrons. The zero-order chi connectivity index (χ0) is 20.5. The van der Waals surface area contributed by atoms with Crippen LogP contribution in [0.15, 0.2) is 52.9 Å². The number of carbonyl (C=O) groups is 3. The number of anilines is 1. The molecule has 1 aromatic carbocycles. The van der Waals surface area contributed by atoms with E-state index in [0.717, 1.165) is 11.8 Å². The Morgan fingerprint density at radius 2 is 1.93 bits per heavy atom. The molecule has 5 N–H and O–H groups in total. The molecule has 0 aliphatic carbocycles. The van der Waals surface area contributed by atoms with Crippen LogP contribution < -0.4 is 21.9 Å². The molecule has 2 rings (SSSR count). The smallest absolute Gasteiger partial charge is 0.251 e. The molecule has 28 heavy (non-hydrogen) atoms. The molecule has 10 heteroatoms. The molecule has 0 unspecified atom stereocenters. The van der Waals surface area contributed by atoms with Crippen molar-refractivity contribution in [2.24, 2.45) is 5.73 Å². The molecule has 0 radical (unpaired) electrons. The number of nitrogens with zero attached hydrogens (tertiary/aromatic N) is 1. The number of primary amides is 1. The number of hydrogen-bond donors (Lipinski definition) is 4. The third-order valence-corrected chi connectivity index (χ3v) is 4.22. The minimum absolute atomic E-state index is 0.00732. The first-order chi connectivity index (χ1) is 13.4. The molecule has 0 bridgehead atoms. The van der Waals surface area contributed by atoms with Gasteiger partial charge in [-0.2, -0.15) is 0 Å². The highest BCUT2D eigenvalue weighted by molar-refractivity contribution is 7.99. The van der Waals surface area contributed by atoms with Gasteiger partial charge in [0, 0.05) is 23.9 Å². The Balaban J connectivity index is 1.93. The van der Waals surface area contributed by atoms with Crippen LogP contribution >= 0.6 is 11.8 Å². The van der Waals surface area contributed by atoms with Crippen LogP contribution in [-0.4, -0.2) is 40.0 Å². The molecular weight excluding hydrogens is 382 g/mol. The number of carbonyl (C=O) groups excluding carboxylic acids is 3. The fraction of sp³-hybridized carbons (Fsp3) is 0.167. The molecule has 2 aromatic rings. The molecule has 0 aliphatic heterocycles. The highest BCUT2D eigenvalue weighted by Crippen LogP contribution is 2.14. The van der Waals surface area contributed by atoms with Crippen molar-refractivity contribution >= 4 is 35.2 Å². The molecule has 9 nitrogen and oxygen atoms in total. The highest BCUT2D eigenvalue weighted by Gasteiger charge is 2.10. The highest BCUT2D eigenvalue weighted by atomic mass is 32.2. The average molecular weight is 401 g/mol. The van der Waals surface area contributed by atoms with E-state index >= 15 is 0 Å². The van der Waals surface area contributed by atoms with E-state index in [1.54, 1.807) is 18.2 Å². The first-order valence-corrected chi connectivity index (χ1v) is 9.16. The second-order valence-corrected chi connectivity index (χ2v) is 6.55. The third-order valence-electron chi connectivity index (χ3n) is 3.35. The maximum Gasteiger partial charge on any atom is 0.251 e. The van der Waals surface area contributed by atoms with E-state index in [1.165, 1.54) is 18.2 Å². The van der Waals surface area contributed by atoms with Crippen LogP contribution in [0, 0.1) is 0 Å². The normalized spacial score (nSPS) is 10.1. The van der Waals surface area contributed by atoms with Gasteiger partial charge in [-0.05, 0) is 24.3 Å². The number of H-pyrrole nitrogens is 1. The van der Waals surface area contributed by atoms with Crippen molar-refractivity contribution < 1.29 is 14.4 Å². The summed E-state index contributed by atoms with van der Waals surface area (Å²) in [6, 6.07) is 7.37. The summed E-state index contributed by atoms with van der Waals surface area (Å²) < 4.78 is 0. The van der Waals surface area contributed by atoms with Crippen molar-refractivity contribution in [3.05, 3.63) is 64.6 Å². The Labute approximate surface area is 164 Å². The lowest BCUT2D eigenvalue weighted by molar-refractivity contribution is -0.120. The number of nitrogens with two attached hydrogens (primary N) is 1. The standard InChI is InChI=1S/C18H19N5O4S/c1-2-7-20-14(24)8-13-9-15(25)23-18(22-13)28-10-16(26)21-12-5-3-11(4-6-12)17(19)27/h2-6,9H,1,7-8,10H2,(H2,19,27)(H,20,24)(H,21,26)(H,22,23,25). The van der Waals surface area contributed by atoms with E-state index < -0.39 is 11.5 Å². The Morgan fingerprint density at radius 3 is 2.57 bits per heavy atom. The van der Waals surface area contributed by atoms with Crippen molar-refractivity contribution in [2.75, 3.05) is 17.6 Å². The minimum Gasteiger partial charge on any atom is -0.366 e. The van der Waals surface area contributed by atoms with E-state index in [1.807, 2.05) is 0 Å². The second kappa shape index (κ2) is 10.1. The summed E-state index contributed by atoms with van der Waals surface area (Å²) in [5.41, 5.74) is 5.89. The minimum atomic E-state index is -0.554. The number of thioether (sulfide) groups is 1. The lowest BCUT2D eigenvalue weighted by Gasteiger charge is -2.06. The first-order valence-electron chi connectivity index (χ1n) is 8.17. The van der Waals surface area contributed by atoms with Crippen LogP contribution in [0.25, 0.3) is 0 Å². The van der Waals surface area contributed by atoms with E-state index in [9.17, 15) is 19.2 Å². The van der Waals surface area contributed by atoms with Crippen LogP contribution in [0.5, 0.6) is 0 Å². The molecular formula is C18H19N5O4S. The second-order valence-electron chi connectivity index (χ2n) is 5.59. The average Bonchev–Trinajstić information content (AvgIpc) is 2.64. The lowest BCUT2D eigenvalue weighted by Crippen LogP contribution is -2.26. The molecule has 0 saturated heterocycles. The maximum absolute atomic E-state index is 12.1. The molecule has 3 amide bonds. The predicted molar refractivity (Wildman–Crippen MR) is 106 cm³/mol. The Kier molecular flexibility index (Phi) is 7.52. The van der Waals surface area contributed by atoms with E-state index in [4.69, 9.17) is 5.73 Å². The lowest BCUT2D eigenvalue weighted by atomic mass is 10.2. The van der Waals surface area contributed by atoms with Gasteiger partial charge in [0.1, 0.15) is 0 Å². The molecule has 0 spiro atoms. The number of nitrogens with one attached hydrogen (secondary N) is 3. The zero-order valence-corrected chi connectivity index (χ0v) is 15.7. The maximum atomic E-state index is 12.1. The number of aromatic amines is 1. The molecule has 1 heterocycles. The summed E-state index contributed by atoms with van der Waals surface area (Å²) >= 11 is 1.03. The van der Waals surface area contributed by atoms with Gasteiger partial charge >= 0.3 is 0 Å². The molecule has 1 aromatic heterocycles. The van der Waals surface area contributed by atoms with E-state index in [-0.39, 0.29) is 29.1 Å². The predicted octanol–water partition coefficient (Wildman–Crippen LogP) is 0.444. The van der Waals surface area contributed by atoms with Crippen LogP contribution in [0.1, 0.15) is 16.1 Å². The molecule has 0 atom stereocenters. The monoisotopic (exact) mass is 401 g/mol. The number of amides is 3. The van der Waals surface area contributed by atoms with Crippen molar-refractivity contribution in [2.45, 2.75) is 11.6 Å². The number of rotatable bonds is 9. The van der Waals surface area contributed by atoms with Gasteiger partial charge in [0.15, 0.2) is 5.16 Å². The number of benzene rings is 1. The summed E-state index contributed by atoms with van der Waals surface area (Å²) in [5.74, 6) is -1.17. The van der Waals surface area contributed by atoms with Gasteiger partial charge in [-0.25, -0.2) is 4.98 Å². The quantitative estimate of drug-likeness (QED) is 0.272. The summed E-state index contributed by atoms with van der Waals surface area (Å²) in [6.07, 6.45) is 1.49. The van der Waals surface area contributed by atoms with Gasteiger partial charge in [-0.1, -0.05) is 17.8 Å². The number of aromatic nitrogens is 2. The summed E-state index contributed by atoms with van der Waals surface area (Å²) in [4.78, 5) is 53.2. The van der Waals surface area contributed by atoms with Gasteiger partial charge in [0.25, 0.3) is 5.56 Å². The van der Waals surface area contributed by atoms with Crippen LogP contribution in [-0.2, 0) is 16.0 Å². The van der Waals surface area contributed by atoms with Crippen molar-refractivity contribution in [3.8, 4) is 0 Å². The molecule has 0 aliphatic rings. The zero-order valence-electron chi connectivity index (χ0n) is 14.9. The molecule has 0 saturated carbocycles. The van der Waals surface area contributed by atoms with Gasteiger partial charge in [0.05, 0.1) is 17.9 Å². The fourth-order valence-corrected chi connectivity index (χ4v) is 2.80. The summed E-state index contributed by atoms with van der Waals surface area (Å²) in [7, 11) is 0. The fourth-order valence-electron chi connectivity index (χ4n) is 2.10. The first kappa shape index (κ1) is 20.9. The molecule has 0 fully saturated rings. The van der Waals surface area contributed by atoms with Gasteiger partial charge in [-0.3, -0.25) is 19.2 Å². The van der Waals surface area contributed by atoms with Crippen LogP contribution in [0.3, 0.4) is 0 Å².